The van der Waals surface area contributed by atoms with E-state index < -0.39 is 0 Å². The molecule has 1 aromatic heterocycles. The highest BCUT2D eigenvalue weighted by atomic mass is 16.5. The average Bonchev–Trinajstić information content (AvgIpc) is 3.19. The second-order valence-electron chi connectivity index (χ2n) is 5.54. The molecule has 0 spiro atoms. The second-order valence-corrected chi connectivity index (χ2v) is 5.54. The second kappa shape index (κ2) is 6.08. The first kappa shape index (κ1) is 13.9. The zero-order chi connectivity index (χ0) is 13.8. The molecule has 19 heavy (non-hydrogen) atoms. The molecule has 106 valence electrons. The third-order valence-corrected chi connectivity index (χ3v) is 3.09. The molecule has 1 aliphatic carbocycles. The van der Waals surface area contributed by atoms with Crippen LogP contribution < -0.4 is 15.4 Å². The van der Waals surface area contributed by atoms with E-state index in [9.17, 15) is 0 Å². The van der Waals surface area contributed by atoms with Crippen LogP contribution in [0.2, 0.25) is 0 Å². The molecular weight excluding hydrogens is 240 g/mol. The van der Waals surface area contributed by atoms with Gasteiger partial charge in [-0.15, -0.1) is 0 Å². The summed E-state index contributed by atoms with van der Waals surface area (Å²) in [7, 11) is 0. The van der Waals surface area contributed by atoms with E-state index in [1.54, 1.807) is 6.33 Å². The van der Waals surface area contributed by atoms with Crippen molar-refractivity contribution in [3.63, 3.8) is 0 Å². The topological polar surface area (TPSA) is 64.3 Å². The van der Waals surface area contributed by atoms with Crippen molar-refractivity contribution in [2.45, 2.75) is 46.1 Å². The van der Waals surface area contributed by atoms with Gasteiger partial charge < -0.3 is 15.4 Å². The van der Waals surface area contributed by atoms with Gasteiger partial charge in [0.15, 0.2) is 5.82 Å². The van der Waals surface area contributed by atoms with E-state index in [4.69, 9.17) is 10.5 Å². The fourth-order valence-electron chi connectivity index (χ4n) is 2.10. The van der Waals surface area contributed by atoms with Crippen molar-refractivity contribution in [3.8, 4) is 5.88 Å². The summed E-state index contributed by atoms with van der Waals surface area (Å²) >= 11 is 0. The Morgan fingerprint density at radius 1 is 1.42 bits per heavy atom. The first-order chi connectivity index (χ1) is 9.13. The number of nitrogens with zero attached hydrogens (tertiary/aromatic N) is 3. The van der Waals surface area contributed by atoms with Crippen LogP contribution in [0.5, 0.6) is 5.88 Å². The molecule has 2 rings (SSSR count). The summed E-state index contributed by atoms with van der Waals surface area (Å²) in [4.78, 5) is 10.8. The van der Waals surface area contributed by atoms with Gasteiger partial charge in [-0.3, -0.25) is 0 Å². The molecule has 0 radical (unpaired) electrons. The molecule has 1 fully saturated rings. The minimum atomic E-state index is 0.515. The van der Waals surface area contributed by atoms with Gasteiger partial charge in [0.25, 0.3) is 0 Å². The van der Waals surface area contributed by atoms with Gasteiger partial charge in [0.1, 0.15) is 12.0 Å². The molecule has 0 atom stereocenters. The molecule has 5 nitrogen and oxygen atoms in total. The lowest BCUT2D eigenvalue weighted by atomic mass is 10.2. The smallest absolute Gasteiger partial charge is 0.242 e. The van der Waals surface area contributed by atoms with Gasteiger partial charge in [-0.25, -0.2) is 4.98 Å². The quantitative estimate of drug-likeness (QED) is 0.819. The van der Waals surface area contributed by atoms with Crippen LogP contribution in [0.15, 0.2) is 6.33 Å². The number of hydrogen-bond acceptors (Lipinski definition) is 5. The molecular formula is C14H24N4O. The number of rotatable bonds is 7. The Kier molecular flexibility index (Phi) is 4.45. The summed E-state index contributed by atoms with van der Waals surface area (Å²) in [6.07, 6.45) is 4.94. The molecule has 0 aromatic carbocycles. The molecule has 1 saturated carbocycles. The van der Waals surface area contributed by atoms with E-state index in [0.717, 1.165) is 18.8 Å². The zero-order valence-corrected chi connectivity index (χ0v) is 12.1. The van der Waals surface area contributed by atoms with Crippen molar-refractivity contribution in [1.29, 1.82) is 0 Å². The first-order valence-electron chi connectivity index (χ1n) is 7.13. The van der Waals surface area contributed by atoms with Crippen molar-refractivity contribution < 1.29 is 4.74 Å². The molecule has 1 heterocycles. The maximum Gasteiger partial charge on any atom is 0.242 e. The van der Waals surface area contributed by atoms with Gasteiger partial charge >= 0.3 is 0 Å². The Balaban J connectivity index is 2.21. The zero-order valence-electron chi connectivity index (χ0n) is 12.1. The monoisotopic (exact) mass is 264 g/mol. The van der Waals surface area contributed by atoms with Gasteiger partial charge in [-0.1, -0.05) is 20.8 Å². The molecule has 0 unspecified atom stereocenters. The van der Waals surface area contributed by atoms with E-state index in [1.807, 2.05) is 0 Å². The van der Waals surface area contributed by atoms with E-state index in [0.29, 0.717) is 30.1 Å². The van der Waals surface area contributed by atoms with Gasteiger partial charge in [0.05, 0.1) is 6.61 Å². The maximum atomic E-state index is 6.17. The van der Waals surface area contributed by atoms with Crippen LogP contribution in [0.4, 0.5) is 11.5 Å². The summed E-state index contributed by atoms with van der Waals surface area (Å²) in [5.74, 6) is 1.92. The van der Waals surface area contributed by atoms with Crippen molar-refractivity contribution in [2.24, 2.45) is 5.92 Å². The average molecular weight is 264 g/mol. The van der Waals surface area contributed by atoms with E-state index in [-0.39, 0.29) is 0 Å². The summed E-state index contributed by atoms with van der Waals surface area (Å²) < 4.78 is 5.58. The lowest BCUT2D eigenvalue weighted by Crippen LogP contribution is -2.31. The number of nitrogens with two attached hydrogens (primary N) is 1. The Morgan fingerprint density at radius 2 is 2.16 bits per heavy atom. The Morgan fingerprint density at radius 3 is 2.74 bits per heavy atom. The summed E-state index contributed by atoms with van der Waals surface area (Å²) in [5, 5.41) is 0. The van der Waals surface area contributed by atoms with Gasteiger partial charge in [-0.05, 0) is 25.2 Å². The predicted molar refractivity (Wildman–Crippen MR) is 77.4 cm³/mol. The number of hydrogen-bond donors (Lipinski definition) is 1. The van der Waals surface area contributed by atoms with Crippen molar-refractivity contribution >= 4 is 11.5 Å². The standard InChI is InChI=1S/C14H24N4O/c1-4-7-19-14-12(15)13(16-9-17-14)18(8-10(2)3)11-5-6-11/h9-11H,4-8,15H2,1-3H3. The minimum absolute atomic E-state index is 0.515. The maximum absolute atomic E-state index is 6.17. The molecule has 0 saturated heterocycles. The lowest BCUT2D eigenvalue weighted by molar-refractivity contribution is 0.306. The van der Waals surface area contributed by atoms with Crippen LogP contribution in [-0.2, 0) is 0 Å². The number of nitrogen functional groups attached to an aromatic ring is 1. The fourth-order valence-corrected chi connectivity index (χ4v) is 2.10. The SMILES string of the molecule is CCCOc1ncnc(N(CC(C)C)C2CC2)c1N. The number of anilines is 2. The van der Waals surface area contributed by atoms with E-state index >= 15 is 0 Å². The van der Waals surface area contributed by atoms with Crippen LogP contribution in [0, 0.1) is 5.92 Å². The highest BCUT2D eigenvalue weighted by Gasteiger charge is 2.32. The molecule has 1 aliphatic rings. The van der Waals surface area contributed by atoms with Crippen LogP contribution >= 0.6 is 0 Å². The Hall–Kier alpha value is -1.52. The minimum Gasteiger partial charge on any atom is -0.476 e. The third-order valence-electron chi connectivity index (χ3n) is 3.09. The normalized spacial score (nSPS) is 14.7. The molecule has 0 amide bonds. The molecule has 0 aliphatic heterocycles. The summed E-state index contributed by atoms with van der Waals surface area (Å²) in [6.45, 7) is 8.09. The summed E-state index contributed by atoms with van der Waals surface area (Å²) in [6, 6.07) is 0.582. The van der Waals surface area contributed by atoms with Crippen LogP contribution in [0.3, 0.4) is 0 Å². The lowest BCUT2D eigenvalue weighted by Gasteiger charge is -2.26. The van der Waals surface area contributed by atoms with Crippen LogP contribution in [0.1, 0.15) is 40.0 Å². The highest BCUT2D eigenvalue weighted by molar-refractivity contribution is 5.68. The highest BCUT2D eigenvalue weighted by Crippen LogP contribution is 2.36. The predicted octanol–water partition coefficient (Wildman–Crippen LogP) is 2.47. The number of aromatic nitrogens is 2. The first-order valence-corrected chi connectivity index (χ1v) is 7.13. The Labute approximate surface area is 115 Å². The molecule has 2 N–H and O–H groups in total. The van der Waals surface area contributed by atoms with Crippen molar-refractivity contribution in [2.75, 3.05) is 23.8 Å². The number of ether oxygens (including phenoxy) is 1. The van der Waals surface area contributed by atoms with Gasteiger partial charge in [0.2, 0.25) is 5.88 Å². The Bertz CT molecular complexity index is 418. The van der Waals surface area contributed by atoms with Crippen molar-refractivity contribution in [1.82, 2.24) is 9.97 Å². The van der Waals surface area contributed by atoms with E-state index in [1.165, 1.54) is 12.8 Å². The summed E-state index contributed by atoms with van der Waals surface area (Å²) in [5.41, 5.74) is 6.75. The third kappa shape index (κ3) is 3.49. The molecule has 1 aromatic rings. The van der Waals surface area contributed by atoms with Crippen LogP contribution in [0.25, 0.3) is 0 Å². The van der Waals surface area contributed by atoms with Gasteiger partial charge in [-0.2, -0.15) is 4.98 Å². The van der Waals surface area contributed by atoms with Gasteiger partial charge in [0, 0.05) is 12.6 Å². The largest absolute Gasteiger partial charge is 0.476 e. The van der Waals surface area contributed by atoms with Crippen molar-refractivity contribution in [3.05, 3.63) is 6.33 Å². The molecule has 0 bridgehead atoms. The van der Waals surface area contributed by atoms with E-state index in [2.05, 4.69) is 35.6 Å². The molecule has 5 heteroatoms. The fraction of sp³-hybridized carbons (Fsp3) is 0.714. The van der Waals surface area contributed by atoms with Crippen LogP contribution in [-0.4, -0.2) is 29.2 Å².